The van der Waals surface area contributed by atoms with E-state index in [1.165, 1.54) is 0 Å². The Bertz CT molecular complexity index is 459. The molecule has 0 aliphatic carbocycles. The number of amides is 1. The first-order chi connectivity index (χ1) is 9.13. The van der Waals surface area contributed by atoms with Crippen LogP contribution >= 0.6 is 27.5 Å². The van der Waals surface area contributed by atoms with Crippen molar-refractivity contribution < 1.29 is 9.53 Å². The molecule has 0 unspecified atom stereocenters. The maximum Gasteiger partial charge on any atom is 0.255 e. The Morgan fingerprint density at radius 2 is 2.16 bits per heavy atom. The van der Waals surface area contributed by atoms with Crippen molar-refractivity contribution in [2.75, 3.05) is 26.8 Å². The minimum absolute atomic E-state index is 0.0159. The smallest absolute Gasteiger partial charge is 0.255 e. The molecule has 1 aliphatic heterocycles. The van der Waals surface area contributed by atoms with Gasteiger partial charge in [0.15, 0.2) is 0 Å². The summed E-state index contributed by atoms with van der Waals surface area (Å²) in [6.07, 6.45) is 1.98. The number of benzene rings is 1. The number of hydrogen-bond acceptors (Lipinski definition) is 2. The highest BCUT2D eigenvalue weighted by Gasteiger charge is 2.25. The predicted molar refractivity (Wildman–Crippen MR) is 79.7 cm³/mol. The van der Waals surface area contributed by atoms with Crippen LogP contribution < -0.4 is 0 Å². The van der Waals surface area contributed by atoms with Crippen LogP contribution in [0.5, 0.6) is 0 Å². The van der Waals surface area contributed by atoms with Gasteiger partial charge in [0.1, 0.15) is 0 Å². The van der Waals surface area contributed by atoms with E-state index in [-0.39, 0.29) is 5.91 Å². The number of carbonyl (C=O) groups is 1. The fourth-order valence-electron chi connectivity index (χ4n) is 2.38. The van der Waals surface area contributed by atoms with Gasteiger partial charge in [-0.25, -0.2) is 0 Å². The van der Waals surface area contributed by atoms with Gasteiger partial charge in [-0.2, -0.15) is 0 Å². The fourth-order valence-corrected chi connectivity index (χ4v) is 2.95. The SMILES string of the molecule is COCC1CCN(C(=O)c2cccc(Br)c2Cl)CC1. The average Bonchev–Trinajstić information content (AvgIpc) is 2.42. The van der Waals surface area contributed by atoms with Gasteiger partial charge in [0.25, 0.3) is 5.91 Å². The van der Waals surface area contributed by atoms with Crippen LogP contribution in [-0.4, -0.2) is 37.6 Å². The van der Waals surface area contributed by atoms with Crippen molar-refractivity contribution in [3.8, 4) is 0 Å². The lowest BCUT2D eigenvalue weighted by atomic mass is 9.97. The van der Waals surface area contributed by atoms with Crippen molar-refractivity contribution >= 4 is 33.4 Å². The molecular weight excluding hydrogens is 330 g/mol. The Morgan fingerprint density at radius 1 is 1.47 bits per heavy atom. The summed E-state index contributed by atoms with van der Waals surface area (Å²) < 4.78 is 5.92. The van der Waals surface area contributed by atoms with Gasteiger partial charge in [-0.15, -0.1) is 0 Å². The topological polar surface area (TPSA) is 29.5 Å². The normalized spacial score (nSPS) is 16.7. The lowest BCUT2D eigenvalue weighted by Gasteiger charge is -2.32. The first-order valence-corrected chi connectivity index (χ1v) is 7.52. The van der Waals surface area contributed by atoms with Crippen molar-refractivity contribution in [2.24, 2.45) is 5.92 Å². The van der Waals surface area contributed by atoms with Gasteiger partial charge < -0.3 is 9.64 Å². The highest BCUT2D eigenvalue weighted by molar-refractivity contribution is 9.10. The van der Waals surface area contributed by atoms with Crippen LogP contribution in [0.2, 0.25) is 5.02 Å². The number of carbonyl (C=O) groups excluding carboxylic acids is 1. The minimum atomic E-state index is 0.0159. The highest BCUT2D eigenvalue weighted by Crippen LogP contribution is 2.28. The number of likely N-dealkylation sites (tertiary alicyclic amines) is 1. The minimum Gasteiger partial charge on any atom is -0.384 e. The van der Waals surface area contributed by atoms with Crippen molar-refractivity contribution in [1.29, 1.82) is 0 Å². The summed E-state index contributed by atoms with van der Waals surface area (Å²) in [6.45, 7) is 2.32. The van der Waals surface area contributed by atoms with Gasteiger partial charge in [-0.1, -0.05) is 17.7 Å². The van der Waals surface area contributed by atoms with Crippen LogP contribution in [0.15, 0.2) is 22.7 Å². The number of halogens is 2. The van der Waals surface area contributed by atoms with Crippen molar-refractivity contribution in [1.82, 2.24) is 4.90 Å². The molecule has 3 nitrogen and oxygen atoms in total. The standard InChI is InChI=1S/C14H17BrClNO2/c1-19-9-10-5-7-17(8-6-10)14(18)11-3-2-4-12(15)13(11)16/h2-4,10H,5-9H2,1H3. The lowest BCUT2D eigenvalue weighted by molar-refractivity contribution is 0.0613. The number of piperidine rings is 1. The first kappa shape index (κ1) is 14.8. The number of ether oxygens (including phenoxy) is 1. The largest absolute Gasteiger partial charge is 0.384 e. The molecule has 0 atom stereocenters. The monoisotopic (exact) mass is 345 g/mol. The summed E-state index contributed by atoms with van der Waals surface area (Å²) in [5.41, 5.74) is 0.571. The zero-order valence-corrected chi connectivity index (χ0v) is 13.2. The van der Waals surface area contributed by atoms with Gasteiger partial charge in [0.05, 0.1) is 10.6 Å². The van der Waals surface area contributed by atoms with Gasteiger partial charge in [-0.05, 0) is 46.8 Å². The van der Waals surface area contributed by atoms with E-state index in [4.69, 9.17) is 16.3 Å². The summed E-state index contributed by atoms with van der Waals surface area (Å²) in [5.74, 6) is 0.578. The van der Waals surface area contributed by atoms with Gasteiger partial charge in [0.2, 0.25) is 0 Å². The Balaban J connectivity index is 2.03. The van der Waals surface area contributed by atoms with E-state index in [2.05, 4.69) is 15.9 Å². The Hall–Kier alpha value is -0.580. The molecule has 104 valence electrons. The van der Waals surface area contributed by atoms with Gasteiger partial charge >= 0.3 is 0 Å². The third-order valence-corrected chi connectivity index (χ3v) is 4.78. The van der Waals surface area contributed by atoms with E-state index >= 15 is 0 Å². The van der Waals surface area contributed by atoms with E-state index in [9.17, 15) is 4.79 Å². The van der Waals surface area contributed by atoms with Crippen molar-refractivity contribution in [2.45, 2.75) is 12.8 Å². The second-order valence-corrected chi connectivity index (χ2v) is 6.02. The summed E-state index contributed by atoms with van der Waals surface area (Å²) in [5, 5.41) is 0.492. The molecule has 1 aromatic carbocycles. The van der Waals surface area contributed by atoms with E-state index < -0.39 is 0 Å². The molecule has 0 bridgehead atoms. The first-order valence-electron chi connectivity index (χ1n) is 6.35. The molecule has 0 aromatic heterocycles. The van der Waals surface area contributed by atoms with Crippen LogP contribution in [-0.2, 0) is 4.74 Å². The molecular formula is C14H17BrClNO2. The molecule has 5 heteroatoms. The van der Waals surface area contributed by atoms with E-state index in [1.807, 2.05) is 17.0 Å². The molecule has 0 radical (unpaired) electrons. The zero-order chi connectivity index (χ0) is 13.8. The molecule has 1 amide bonds. The predicted octanol–water partition coefficient (Wildman–Crippen LogP) is 3.60. The molecule has 1 saturated heterocycles. The fraction of sp³-hybridized carbons (Fsp3) is 0.500. The highest BCUT2D eigenvalue weighted by atomic mass is 79.9. The summed E-state index contributed by atoms with van der Waals surface area (Å²) in [7, 11) is 1.72. The molecule has 19 heavy (non-hydrogen) atoms. The second kappa shape index (κ2) is 6.73. The molecule has 2 rings (SSSR count). The third-order valence-electron chi connectivity index (χ3n) is 3.49. The third kappa shape index (κ3) is 3.50. The van der Waals surface area contributed by atoms with Crippen LogP contribution in [0, 0.1) is 5.92 Å². The molecule has 1 aromatic rings. The van der Waals surface area contributed by atoms with Crippen molar-refractivity contribution in [3.05, 3.63) is 33.3 Å². The molecule has 1 aliphatic rings. The van der Waals surface area contributed by atoms with Crippen LogP contribution in [0.3, 0.4) is 0 Å². The molecule has 0 saturated carbocycles. The number of hydrogen-bond donors (Lipinski definition) is 0. The number of nitrogens with zero attached hydrogens (tertiary/aromatic N) is 1. The Labute approximate surface area is 127 Å². The van der Waals surface area contributed by atoms with Crippen LogP contribution in [0.4, 0.5) is 0 Å². The molecule has 0 N–H and O–H groups in total. The van der Waals surface area contributed by atoms with Gasteiger partial charge in [-0.3, -0.25) is 4.79 Å². The van der Waals surface area contributed by atoms with E-state index in [0.717, 1.165) is 37.0 Å². The Kier molecular flexibility index (Phi) is 5.25. The quantitative estimate of drug-likeness (QED) is 0.837. The summed E-state index contributed by atoms with van der Waals surface area (Å²) in [6, 6.07) is 5.45. The maximum atomic E-state index is 12.4. The summed E-state index contributed by atoms with van der Waals surface area (Å²) in [4.78, 5) is 14.3. The molecule has 1 heterocycles. The maximum absolute atomic E-state index is 12.4. The number of methoxy groups -OCH3 is 1. The summed E-state index contributed by atoms with van der Waals surface area (Å²) >= 11 is 9.52. The molecule has 1 fully saturated rings. The lowest BCUT2D eigenvalue weighted by Crippen LogP contribution is -2.39. The van der Waals surface area contributed by atoms with Gasteiger partial charge in [0, 0.05) is 31.3 Å². The van der Waals surface area contributed by atoms with E-state index in [1.54, 1.807) is 13.2 Å². The van der Waals surface area contributed by atoms with Crippen molar-refractivity contribution in [3.63, 3.8) is 0 Å². The Morgan fingerprint density at radius 3 is 2.79 bits per heavy atom. The zero-order valence-electron chi connectivity index (χ0n) is 10.9. The second-order valence-electron chi connectivity index (χ2n) is 4.79. The van der Waals surface area contributed by atoms with Crippen LogP contribution in [0.25, 0.3) is 0 Å². The van der Waals surface area contributed by atoms with E-state index in [0.29, 0.717) is 16.5 Å². The molecule has 0 spiro atoms. The van der Waals surface area contributed by atoms with Crippen LogP contribution in [0.1, 0.15) is 23.2 Å². The average molecular weight is 347 g/mol. The number of rotatable bonds is 3.